The first-order valence-corrected chi connectivity index (χ1v) is 7.17. The third-order valence-corrected chi connectivity index (χ3v) is 4.18. The summed E-state index contributed by atoms with van der Waals surface area (Å²) in [5, 5.41) is 3.43. The average Bonchev–Trinajstić information content (AvgIpc) is 2.31. The summed E-state index contributed by atoms with van der Waals surface area (Å²) in [6.45, 7) is 15.2. The van der Waals surface area contributed by atoms with Gasteiger partial charge < -0.3 is 10.2 Å². The molecule has 0 aliphatic carbocycles. The van der Waals surface area contributed by atoms with Gasteiger partial charge in [-0.15, -0.1) is 0 Å². The predicted molar refractivity (Wildman–Crippen MR) is 75.5 cm³/mol. The van der Waals surface area contributed by atoms with Crippen molar-refractivity contribution >= 4 is 0 Å². The van der Waals surface area contributed by atoms with Crippen LogP contribution in [0.2, 0.25) is 0 Å². The molecule has 0 spiro atoms. The molecule has 0 saturated carbocycles. The third kappa shape index (κ3) is 4.23. The number of piperazine rings is 1. The zero-order chi connectivity index (χ0) is 12.9. The Kier molecular flexibility index (Phi) is 5.90. The zero-order valence-corrected chi connectivity index (χ0v) is 12.4. The molecule has 1 heterocycles. The molecule has 0 amide bonds. The Morgan fingerprint density at radius 2 is 1.71 bits per heavy atom. The van der Waals surface area contributed by atoms with E-state index in [0.717, 1.165) is 19.1 Å². The van der Waals surface area contributed by atoms with Gasteiger partial charge in [0.25, 0.3) is 0 Å². The summed E-state index contributed by atoms with van der Waals surface area (Å²) < 4.78 is 0. The molecule has 102 valence electrons. The minimum absolute atomic E-state index is 0.291. The van der Waals surface area contributed by atoms with Gasteiger partial charge in [-0.3, -0.25) is 4.90 Å². The third-order valence-electron chi connectivity index (χ3n) is 4.18. The number of nitrogens with one attached hydrogen (secondary N) is 1. The molecule has 0 radical (unpaired) electrons. The van der Waals surface area contributed by atoms with Crippen LogP contribution in [0.4, 0.5) is 0 Å². The number of likely N-dealkylation sites (N-methyl/N-ethyl adjacent to an activating group) is 1. The molecule has 17 heavy (non-hydrogen) atoms. The molecule has 1 saturated heterocycles. The van der Waals surface area contributed by atoms with Crippen LogP contribution in [-0.4, -0.2) is 61.2 Å². The molecule has 0 aromatic rings. The Hall–Kier alpha value is -0.120. The maximum Gasteiger partial charge on any atom is 0.0281 e. The quantitative estimate of drug-likeness (QED) is 0.765. The van der Waals surface area contributed by atoms with Crippen LogP contribution in [0.3, 0.4) is 0 Å². The predicted octanol–water partition coefficient (Wildman–Crippen LogP) is 1.79. The van der Waals surface area contributed by atoms with E-state index in [1.54, 1.807) is 0 Å². The summed E-state index contributed by atoms with van der Waals surface area (Å²) in [6.07, 6.45) is 2.51. The Balaban J connectivity index is 2.51. The van der Waals surface area contributed by atoms with Crippen molar-refractivity contribution in [1.82, 2.24) is 15.1 Å². The highest BCUT2D eigenvalue weighted by atomic mass is 15.3. The van der Waals surface area contributed by atoms with Gasteiger partial charge in [-0.05, 0) is 33.7 Å². The van der Waals surface area contributed by atoms with E-state index < -0.39 is 0 Å². The minimum atomic E-state index is 0.291. The van der Waals surface area contributed by atoms with Gasteiger partial charge in [0, 0.05) is 44.3 Å². The fraction of sp³-hybridized carbons (Fsp3) is 1.00. The van der Waals surface area contributed by atoms with Crippen LogP contribution in [0.1, 0.15) is 40.5 Å². The van der Waals surface area contributed by atoms with Gasteiger partial charge in [-0.1, -0.05) is 13.8 Å². The maximum atomic E-state index is 3.43. The lowest BCUT2D eigenvalue weighted by molar-refractivity contribution is 0.0564. The van der Waals surface area contributed by atoms with Crippen LogP contribution >= 0.6 is 0 Å². The second-order valence-corrected chi connectivity index (χ2v) is 5.93. The van der Waals surface area contributed by atoms with Crippen LogP contribution in [0, 0.1) is 0 Å². The molecule has 1 rings (SSSR count). The molecular formula is C14H31N3. The van der Waals surface area contributed by atoms with Crippen molar-refractivity contribution in [2.75, 3.05) is 39.8 Å². The molecule has 0 unspecified atom stereocenters. The molecule has 0 aromatic heterocycles. The van der Waals surface area contributed by atoms with Crippen molar-refractivity contribution in [1.29, 1.82) is 0 Å². The number of hydrogen-bond acceptors (Lipinski definition) is 3. The highest BCUT2D eigenvalue weighted by Gasteiger charge is 2.30. The number of nitrogens with zero attached hydrogens (tertiary/aromatic N) is 2. The Morgan fingerprint density at radius 3 is 2.18 bits per heavy atom. The van der Waals surface area contributed by atoms with E-state index in [2.05, 4.69) is 49.9 Å². The van der Waals surface area contributed by atoms with Crippen LogP contribution in [0.25, 0.3) is 0 Å². The lowest BCUT2D eigenvalue weighted by Crippen LogP contribution is -2.58. The van der Waals surface area contributed by atoms with Crippen molar-refractivity contribution in [3.63, 3.8) is 0 Å². The first-order chi connectivity index (χ1) is 8.01. The molecule has 3 heteroatoms. The monoisotopic (exact) mass is 241 g/mol. The van der Waals surface area contributed by atoms with Crippen LogP contribution in [0.15, 0.2) is 0 Å². The lowest BCUT2D eigenvalue weighted by atomic mass is 9.99. The van der Waals surface area contributed by atoms with Gasteiger partial charge >= 0.3 is 0 Å². The average molecular weight is 241 g/mol. The molecular weight excluding hydrogens is 210 g/mol. The van der Waals surface area contributed by atoms with Gasteiger partial charge in [-0.25, -0.2) is 0 Å². The second-order valence-electron chi connectivity index (χ2n) is 5.93. The largest absolute Gasteiger partial charge is 0.314 e. The molecule has 1 fully saturated rings. The van der Waals surface area contributed by atoms with Gasteiger partial charge in [0.15, 0.2) is 0 Å². The van der Waals surface area contributed by atoms with Crippen LogP contribution in [-0.2, 0) is 0 Å². The van der Waals surface area contributed by atoms with Crippen molar-refractivity contribution in [2.45, 2.75) is 52.1 Å². The van der Waals surface area contributed by atoms with Crippen LogP contribution < -0.4 is 5.32 Å². The Morgan fingerprint density at radius 1 is 1.18 bits per heavy atom. The number of rotatable bonds is 6. The summed E-state index contributed by atoms with van der Waals surface area (Å²) in [7, 11) is 2.28. The van der Waals surface area contributed by atoms with E-state index in [1.165, 1.54) is 32.5 Å². The molecule has 3 nitrogen and oxygen atoms in total. The summed E-state index contributed by atoms with van der Waals surface area (Å²) >= 11 is 0. The topological polar surface area (TPSA) is 18.5 Å². The lowest BCUT2D eigenvalue weighted by Gasteiger charge is -2.44. The SMILES string of the molecule is CCC(CC)N(C)CC(C)(C)N1CCNCC1. The molecule has 1 aliphatic rings. The molecule has 1 N–H and O–H groups in total. The van der Waals surface area contributed by atoms with Crippen molar-refractivity contribution in [3.8, 4) is 0 Å². The van der Waals surface area contributed by atoms with Crippen molar-refractivity contribution < 1.29 is 0 Å². The fourth-order valence-corrected chi connectivity index (χ4v) is 3.02. The van der Waals surface area contributed by atoms with Gasteiger partial charge in [0.05, 0.1) is 0 Å². The molecule has 1 aliphatic heterocycles. The molecule has 0 atom stereocenters. The maximum absolute atomic E-state index is 3.43. The van der Waals surface area contributed by atoms with E-state index in [-0.39, 0.29) is 0 Å². The highest BCUT2D eigenvalue weighted by Crippen LogP contribution is 2.18. The van der Waals surface area contributed by atoms with E-state index in [9.17, 15) is 0 Å². The standard InChI is InChI=1S/C14H31N3/c1-6-13(7-2)16(5)12-14(3,4)17-10-8-15-9-11-17/h13,15H,6-12H2,1-5H3. The first-order valence-electron chi connectivity index (χ1n) is 7.17. The normalized spacial score (nSPS) is 19.2. The second kappa shape index (κ2) is 6.72. The van der Waals surface area contributed by atoms with Gasteiger partial charge in [0.2, 0.25) is 0 Å². The van der Waals surface area contributed by atoms with Gasteiger partial charge in [0.1, 0.15) is 0 Å². The van der Waals surface area contributed by atoms with E-state index in [4.69, 9.17) is 0 Å². The van der Waals surface area contributed by atoms with E-state index >= 15 is 0 Å². The number of hydrogen-bond donors (Lipinski definition) is 1. The Labute approximate surface area is 108 Å². The van der Waals surface area contributed by atoms with Crippen LogP contribution in [0.5, 0.6) is 0 Å². The highest BCUT2D eigenvalue weighted by molar-refractivity contribution is 4.88. The van der Waals surface area contributed by atoms with Gasteiger partial charge in [-0.2, -0.15) is 0 Å². The summed E-state index contributed by atoms with van der Waals surface area (Å²) in [5.41, 5.74) is 0.291. The Bertz CT molecular complexity index is 206. The molecule has 0 bridgehead atoms. The summed E-state index contributed by atoms with van der Waals surface area (Å²) in [4.78, 5) is 5.17. The van der Waals surface area contributed by atoms with Crippen molar-refractivity contribution in [3.05, 3.63) is 0 Å². The first kappa shape index (κ1) is 14.9. The van der Waals surface area contributed by atoms with E-state index in [0.29, 0.717) is 5.54 Å². The van der Waals surface area contributed by atoms with E-state index in [1.807, 2.05) is 0 Å². The summed E-state index contributed by atoms with van der Waals surface area (Å²) in [6, 6.07) is 0.734. The zero-order valence-electron chi connectivity index (χ0n) is 12.4. The molecule has 0 aromatic carbocycles. The van der Waals surface area contributed by atoms with Crippen molar-refractivity contribution in [2.24, 2.45) is 0 Å². The summed E-state index contributed by atoms with van der Waals surface area (Å²) in [5.74, 6) is 0. The smallest absolute Gasteiger partial charge is 0.0281 e. The minimum Gasteiger partial charge on any atom is -0.314 e. The fourth-order valence-electron chi connectivity index (χ4n) is 3.02.